The zero-order chi connectivity index (χ0) is 13.1. The van der Waals surface area contributed by atoms with E-state index in [0.717, 1.165) is 26.1 Å². The van der Waals surface area contributed by atoms with Crippen LogP contribution in [0.1, 0.15) is 27.2 Å². The van der Waals surface area contributed by atoms with Crippen LogP contribution in [0.4, 0.5) is 4.79 Å². The second kappa shape index (κ2) is 5.54. The van der Waals surface area contributed by atoms with Crippen LogP contribution in [0.2, 0.25) is 0 Å². The molecular formula is C13H24N2O2. The summed E-state index contributed by atoms with van der Waals surface area (Å²) in [6.07, 6.45) is 2.46. The molecule has 0 aromatic heterocycles. The number of likely N-dealkylation sites (N-methyl/N-ethyl adjacent to an activating group) is 1. The van der Waals surface area contributed by atoms with E-state index in [-0.39, 0.29) is 12.1 Å². The van der Waals surface area contributed by atoms with Crippen LogP contribution in [0.3, 0.4) is 0 Å². The molecule has 17 heavy (non-hydrogen) atoms. The molecule has 1 atom stereocenters. The Kier molecular flexibility index (Phi) is 4.57. The molecule has 1 aliphatic heterocycles. The van der Waals surface area contributed by atoms with Crippen LogP contribution in [0.25, 0.3) is 0 Å². The number of carbonyl (C=O) groups is 1. The molecule has 0 bridgehead atoms. The SMILES string of the molecule is C=CCC1CN(C)CCN1C(=O)OC(C)(C)C. The maximum atomic E-state index is 12.1. The fourth-order valence-corrected chi connectivity index (χ4v) is 1.97. The van der Waals surface area contributed by atoms with E-state index < -0.39 is 5.60 Å². The second-order valence-electron chi connectivity index (χ2n) is 5.61. The fourth-order valence-electron chi connectivity index (χ4n) is 1.97. The minimum Gasteiger partial charge on any atom is -0.444 e. The van der Waals surface area contributed by atoms with Crippen molar-refractivity contribution in [2.24, 2.45) is 0 Å². The lowest BCUT2D eigenvalue weighted by Gasteiger charge is -2.40. The first-order chi connectivity index (χ1) is 7.83. The number of amides is 1. The molecule has 0 aromatic rings. The highest BCUT2D eigenvalue weighted by atomic mass is 16.6. The van der Waals surface area contributed by atoms with Crippen LogP contribution in [0.5, 0.6) is 0 Å². The number of nitrogens with zero attached hydrogens (tertiary/aromatic N) is 2. The number of hydrogen-bond donors (Lipinski definition) is 0. The molecule has 1 rings (SSSR count). The van der Waals surface area contributed by atoms with Crippen molar-refractivity contribution in [3.8, 4) is 0 Å². The first kappa shape index (κ1) is 14.0. The fraction of sp³-hybridized carbons (Fsp3) is 0.769. The minimum absolute atomic E-state index is 0.182. The first-order valence-corrected chi connectivity index (χ1v) is 6.12. The Morgan fingerprint density at radius 1 is 1.47 bits per heavy atom. The average molecular weight is 240 g/mol. The molecule has 0 spiro atoms. The molecule has 1 unspecified atom stereocenters. The summed E-state index contributed by atoms with van der Waals surface area (Å²) in [5.41, 5.74) is -0.431. The molecule has 4 heteroatoms. The van der Waals surface area contributed by atoms with Gasteiger partial charge in [0.1, 0.15) is 5.60 Å². The van der Waals surface area contributed by atoms with Crippen LogP contribution in [0, 0.1) is 0 Å². The number of ether oxygens (including phenoxy) is 1. The van der Waals surface area contributed by atoms with Gasteiger partial charge in [-0.1, -0.05) is 6.08 Å². The predicted octanol–water partition coefficient (Wildman–Crippen LogP) is 2.11. The predicted molar refractivity (Wildman–Crippen MR) is 69.0 cm³/mol. The zero-order valence-corrected chi connectivity index (χ0v) is 11.4. The van der Waals surface area contributed by atoms with Gasteiger partial charge in [0.15, 0.2) is 0 Å². The van der Waals surface area contributed by atoms with E-state index in [1.165, 1.54) is 0 Å². The Labute approximate surface area is 104 Å². The Bertz CT molecular complexity index is 284. The van der Waals surface area contributed by atoms with Crippen molar-refractivity contribution in [2.75, 3.05) is 26.7 Å². The summed E-state index contributed by atoms with van der Waals surface area (Å²) in [5.74, 6) is 0. The van der Waals surface area contributed by atoms with Gasteiger partial charge in [0.25, 0.3) is 0 Å². The molecule has 0 N–H and O–H groups in total. The van der Waals surface area contributed by atoms with Crippen LogP contribution in [0.15, 0.2) is 12.7 Å². The highest BCUT2D eigenvalue weighted by Crippen LogP contribution is 2.17. The molecule has 0 radical (unpaired) electrons. The number of carbonyl (C=O) groups excluding carboxylic acids is 1. The Hall–Kier alpha value is -1.03. The van der Waals surface area contributed by atoms with E-state index >= 15 is 0 Å². The van der Waals surface area contributed by atoms with E-state index in [1.54, 1.807) is 0 Å². The van der Waals surface area contributed by atoms with Gasteiger partial charge in [-0.3, -0.25) is 0 Å². The van der Waals surface area contributed by atoms with E-state index in [9.17, 15) is 4.79 Å². The maximum absolute atomic E-state index is 12.1. The third-order valence-electron chi connectivity index (χ3n) is 2.75. The summed E-state index contributed by atoms with van der Waals surface area (Å²) in [6.45, 7) is 11.9. The van der Waals surface area contributed by atoms with Gasteiger partial charge >= 0.3 is 6.09 Å². The lowest BCUT2D eigenvalue weighted by molar-refractivity contribution is 0.00204. The normalized spacial score (nSPS) is 22.4. The second-order valence-corrected chi connectivity index (χ2v) is 5.61. The van der Waals surface area contributed by atoms with Crippen LogP contribution < -0.4 is 0 Å². The van der Waals surface area contributed by atoms with E-state index in [1.807, 2.05) is 31.7 Å². The van der Waals surface area contributed by atoms with Gasteiger partial charge in [-0.25, -0.2) is 4.79 Å². The highest BCUT2D eigenvalue weighted by Gasteiger charge is 2.31. The molecule has 1 amide bonds. The summed E-state index contributed by atoms with van der Waals surface area (Å²) in [5, 5.41) is 0. The molecule has 98 valence electrons. The monoisotopic (exact) mass is 240 g/mol. The molecule has 4 nitrogen and oxygen atoms in total. The quantitative estimate of drug-likeness (QED) is 0.693. The topological polar surface area (TPSA) is 32.8 Å². The molecular weight excluding hydrogens is 216 g/mol. The number of piperazine rings is 1. The van der Waals surface area contributed by atoms with Gasteiger partial charge < -0.3 is 14.5 Å². The van der Waals surface area contributed by atoms with Gasteiger partial charge in [-0.2, -0.15) is 0 Å². The molecule has 1 heterocycles. The Balaban J connectivity index is 2.65. The Morgan fingerprint density at radius 2 is 2.12 bits per heavy atom. The summed E-state index contributed by atoms with van der Waals surface area (Å²) < 4.78 is 5.42. The summed E-state index contributed by atoms with van der Waals surface area (Å²) in [6, 6.07) is 0.182. The van der Waals surface area contributed by atoms with Gasteiger partial charge in [0, 0.05) is 19.6 Å². The molecule has 0 aliphatic carbocycles. The van der Waals surface area contributed by atoms with Crippen molar-refractivity contribution >= 4 is 6.09 Å². The minimum atomic E-state index is -0.431. The van der Waals surface area contributed by atoms with E-state index in [4.69, 9.17) is 4.74 Å². The van der Waals surface area contributed by atoms with Gasteiger partial charge in [0.2, 0.25) is 0 Å². The van der Waals surface area contributed by atoms with Gasteiger partial charge in [-0.15, -0.1) is 6.58 Å². The summed E-state index contributed by atoms with van der Waals surface area (Å²) in [7, 11) is 2.07. The van der Waals surface area contributed by atoms with Gasteiger partial charge in [0.05, 0.1) is 6.04 Å². The molecule has 0 aromatic carbocycles. The third-order valence-corrected chi connectivity index (χ3v) is 2.75. The van der Waals surface area contributed by atoms with E-state index in [0.29, 0.717) is 0 Å². The van der Waals surface area contributed by atoms with Crippen molar-refractivity contribution in [2.45, 2.75) is 38.8 Å². The number of hydrogen-bond acceptors (Lipinski definition) is 3. The van der Waals surface area contributed by atoms with Crippen molar-refractivity contribution in [1.82, 2.24) is 9.80 Å². The van der Waals surface area contributed by atoms with Crippen LogP contribution in [-0.4, -0.2) is 54.2 Å². The molecule has 1 fully saturated rings. The van der Waals surface area contributed by atoms with Crippen molar-refractivity contribution in [1.29, 1.82) is 0 Å². The molecule has 0 saturated carbocycles. The smallest absolute Gasteiger partial charge is 0.410 e. The average Bonchev–Trinajstić information content (AvgIpc) is 2.15. The largest absolute Gasteiger partial charge is 0.444 e. The molecule has 1 aliphatic rings. The van der Waals surface area contributed by atoms with Crippen LogP contribution in [-0.2, 0) is 4.74 Å². The first-order valence-electron chi connectivity index (χ1n) is 6.12. The highest BCUT2D eigenvalue weighted by molar-refractivity contribution is 5.68. The zero-order valence-electron chi connectivity index (χ0n) is 11.4. The maximum Gasteiger partial charge on any atom is 0.410 e. The van der Waals surface area contributed by atoms with Gasteiger partial charge in [-0.05, 0) is 34.2 Å². The standard InChI is InChI=1S/C13H24N2O2/c1-6-7-11-10-14(5)8-9-15(11)12(16)17-13(2,3)4/h6,11H,1,7-10H2,2-5H3. The Morgan fingerprint density at radius 3 is 2.65 bits per heavy atom. The summed E-state index contributed by atoms with van der Waals surface area (Å²) >= 11 is 0. The van der Waals surface area contributed by atoms with Crippen molar-refractivity contribution in [3.05, 3.63) is 12.7 Å². The number of rotatable bonds is 2. The lowest BCUT2D eigenvalue weighted by Crippen LogP contribution is -2.54. The molecule has 1 saturated heterocycles. The van der Waals surface area contributed by atoms with Crippen molar-refractivity contribution < 1.29 is 9.53 Å². The van der Waals surface area contributed by atoms with Crippen LogP contribution >= 0.6 is 0 Å². The third kappa shape index (κ3) is 4.38. The summed E-state index contributed by atoms with van der Waals surface area (Å²) in [4.78, 5) is 16.1. The van der Waals surface area contributed by atoms with Crippen molar-refractivity contribution in [3.63, 3.8) is 0 Å². The van der Waals surface area contributed by atoms with E-state index in [2.05, 4.69) is 18.5 Å². The lowest BCUT2D eigenvalue weighted by atomic mass is 10.1.